The standard InChI is InChI=1S/C14H15ClN2O2S/c1-9-7-17-13(10(2)14(9)16)8-20(18,19)12-5-3-11(15)4-6-12/h3-7H,8H2,1-2H3,(H2,16,17). The summed E-state index contributed by atoms with van der Waals surface area (Å²) >= 11 is 5.76. The summed E-state index contributed by atoms with van der Waals surface area (Å²) in [5.74, 6) is -0.176. The molecule has 0 fully saturated rings. The third kappa shape index (κ3) is 2.94. The van der Waals surface area contributed by atoms with Gasteiger partial charge in [0.2, 0.25) is 0 Å². The predicted molar refractivity (Wildman–Crippen MR) is 80.5 cm³/mol. The van der Waals surface area contributed by atoms with E-state index in [0.29, 0.717) is 22.0 Å². The summed E-state index contributed by atoms with van der Waals surface area (Å²) in [6, 6.07) is 6.09. The number of halogens is 1. The van der Waals surface area contributed by atoms with Crippen LogP contribution in [0.5, 0.6) is 0 Å². The van der Waals surface area contributed by atoms with Crippen LogP contribution in [-0.2, 0) is 15.6 Å². The van der Waals surface area contributed by atoms with Crippen molar-refractivity contribution in [3.63, 3.8) is 0 Å². The van der Waals surface area contributed by atoms with Crippen LogP contribution in [0, 0.1) is 13.8 Å². The van der Waals surface area contributed by atoms with Gasteiger partial charge >= 0.3 is 0 Å². The zero-order valence-corrected chi connectivity index (χ0v) is 12.8. The van der Waals surface area contributed by atoms with Gasteiger partial charge in [0.25, 0.3) is 0 Å². The van der Waals surface area contributed by atoms with Crippen LogP contribution in [0.25, 0.3) is 0 Å². The molecule has 4 nitrogen and oxygen atoms in total. The van der Waals surface area contributed by atoms with Crippen LogP contribution in [0.2, 0.25) is 5.02 Å². The first kappa shape index (κ1) is 14.8. The summed E-state index contributed by atoms with van der Waals surface area (Å²) in [7, 11) is -3.46. The van der Waals surface area contributed by atoms with E-state index < -0.39 is 9.84 Å². The number of anilines is 1. The first-order chi connectivity index (χ1) is 9.31. The number of nitrogens with zero attached hydrogens (tertiary/aromatic N) is 1. The van der Waals surface area contributed by atoms with Crippen LogP contribution in [0.4, 0.5) is 5.69 Å². The molecule has 2 rings (SSSR count). The van der Waals surface area contributed by atoms with Gasteiger partial charge in [-0.3, -0.25) is 4.98 Å². The van der Waals surface area contributed by atoms with Gasteiger partial charge in [0.15, 0.2) is 9.84 Å². The van der Waals surface area contributed by atoms with Gasteiger partial charge in [-0.25, -0.2) is 8.42 Å². The number of nitrogen functional groups attached to an aromatic ring is 1. The van der Waals surface area contributed by atoms with E-state index in [4.69, 9.17) is 17.3 Å². The monoisotopic (exact) mass is 310 g/mol. The maximum atomic E-state index is 12.3. The molecular weight excluding hydrogens is 296 g/mol. The van der Waals surface area contributed by atoms with E-state index in [1.807, 2.05) is 6.92 Å². The van der Waals surface area contributed by atoms with Gasteiger partial charge in [-0.1, -0.05) is 11.6 Å². The Morgan fingerprint density at radius 1 is 1.20 bits per heavy atom. The highest BCUT2D eigenvalue weighted by Gasteiger charge is 2.18. The van der Waals surface area contributed by atoms with Crippen LogP contribution >= 0.6 is 11.6 Å². The second-order valence-corrected chi connectivity index (χ2v) is 7.07. The number of benzene rings is 1. The van der Waals surface area contributed by atoms with E-state index in [2.05, 4.69) is 4.98 Å². The number of sulfone groups is 1. The van der Waals surface area contributed by atoms with E-state index in [0.717, 1.165) is 5.56 Å². The Labute approximate surface area is 123 Å². The summed E-state index contributed by atoms with van der Waals surface area (Å²) in [5.41, 5.74) is 8.52. The molecule has 0 aliphatic carbocycles. The number of hydrogen-bond donors (Lipinski definition) is 1. The average Bonchev–Trinajstić information content (AvgIpc) is 2.40. The maximum absolute atomic E-state index is 12.3. The van der Waals surface area contributed by atoms with Crippen molar-refractivity contribution in [2.24, 2.45) is 0 Å². The topological polar surface area (TPSA) is 73.0 Å². The Morgan fingerprint density at radius 2 is 1.80 bits per heavy atom. The number of nitrogens with two attached hydrogens (primary N) is 1. The van der Waals surface area contributed by atoms with Gasteiger partial charge in [-0.2, -0.15) is 0 Å². The molecule has 0 radical (unpaired) electrons. The molecule has 0 unspecified atom stereocenters. The molecule has 0 saturated heterocycles. The molecule has 0 spiro atoms. The fraction of sp³-hybridized carbons (Fsp3) is 0.214. The molecule has 0 aliphatic heterocycles. The largest absolute Gasteiger partial charge is 0.398 e. The van der Waals surface area contributed by atoms with Crippen molar-refractivity contribution in [1.82, 2.24) is 4.98 Å². The molecule has 0 bridgehead atoms. The summed E-state index contributed by atoms with van der Waals surface area (Å²) in [6.45, 7) is 3.62. The van der Waals surface area contributed by atoms with Crippen molar-refractivity contribution >= 4 is 27.1 Å². The quantitative estimate of drug-likeness (QED) is 0.946. The summed E-state index contributed by atoms with van der Waals surface area (Å²) in [5, 5.41) is 0.498. The number of aryl methyl sites for hydroxylation is 1. The fourth-order valence-electron chi connectivity index (χ4n) is 1.84. The highest BCUT2D eigenvalue weighted by Crippen LogP contribution is 2.23. The van der Waals surface area contributed by atoms with Crippen molar-refractivity contribution in [2.75, 3.05) is 5.73 Å². The van der Waals surface area contributed by atoms with Crippen LogP contribution in [0.15, 0.2) is 35.4 Å². The van der Waals surface area contributed by atoms with Gasteiger partial charge in [0.1, 0.15) is 0 Å². The Balaban J connectivity index is 2.38. The number of aromatic nitrogens is 1. The summed E-state index contributed by atoms with van der Waals surface area (Å²) in [4.78, 5) is 4.41. The minimum Gasteiger partial charge on any atom is -0.398 e. The lowest BCUT2D eigenvalue weighted by Gasteiger charge is -2.10. The van der Waals surface area contributed by atoms with Crippen molar-refractivity contribution in [2.45, 2.75) is 24.5 Å². The second-order valence-electron chi connectivity index (χ2n) is 4.64. The summed E-state index contributed by atoms with van der Waals surface area (Å²) in [6.07, 6.45) is 1.59. The van der Waals surface area contributed by atoms with Gasteiger partial charge in [0, 0.05) is 16.9 Å². The van der Waals surface area contributed by atoms with E-state index in [1.54, 1.807) is 25.3 Å². The molecule has 1 aromatic heterocycles. The molecule has 2 N–H and O–H groups in total. The van der Waals surface area contributed by atoms with Gasteiger partial charge in [-0.15, -0.1) is 0 Å². The molecule has 1 aromatic carbocycles. The van der Waals surface area contributed by atoms with Crippen LogP contribution < -0.4 is 5.73 Å². The third-order valence-corrected chi connectivity index (χ3v) is 5.07. The molecule has 0 aliphatic rings. The molecule has 6 heteroatoms. The zero-order chi connectivity index (χ0) is 14.9. The molecule has 0 amide bonds. The van der Waals surface area contributed by atoms with Crippen molar-refractivity contribution < 1.29 is 8.42 Å². The molecule has 106 valence electrons. The molecule has 1 heterocycles. The number of pyridine rings is 1. The normalized spacial score (nSPS) is 11.6. The Hall–Kier alpha value is -1.59. The van der Waals surface area contributed by atoms with Crippen LogP contribution in [-0.4, -0.2) is 13.4 Å². The highest BCUT2D eigenvalue weighted by atomic mass is 35.5. The number of hydrogen-bond acceptors (Lipinski definition) is 4. The van der Waals surface area contributed by atoms with E-state index in [1.165, 1.54) is 12.1 Å². The SMILES string of the molecule is Cc1cnc(CS(=O)(=O)c2ccc(Cl)cc2)c(C)c1N. The second kappa shape index (κ2) is 5.42. The minimum absolute atomic E-state index is 0.176. The Morgan fingerprint density at radius 3 is 2.40 bits per heavy atom. The first-order valence-corrected chi connectivity index (χ1v) is 8.03. The van der Waals surface area contributed by atoms with Crippen LogP contribution in [0.1, 0.15) is 16.8 Å². The minimum atomic E-state index is -3.46. The zero-order valence-electron chi connectivity index (χ0n) is 11.2. The highest BCUT2D eigenvalue weighted by molar-refractivity contribution is 7.90. The average molecular weight is 311 g/mol. The molecule has 0 saturated carbocycles. The molecule has 20 heavy (non-hydrogen) atoms. The third-order valence-electron chi connectivity index (χ3n) is 3.18. The maximum Gasteiger partial charge on any atom is 0.184 e. The molecule has 0 atom stereocenters. The Kier molecular flexibility index (Phi) is 4.01. The lowest BCUT2D eigenvalue weighted by atomic mass is 10.1. The fourth-order valence-corrected chi connectivity index (χ4v) is 3.34. The van der Waals surface area contributed by atoms with Gasteiger partial charge < -0.3 is 5.73 Å². The van der Waals surface area contributed by atoms with Crippen molar-refractivity contribution in [1.29, 1.82) is 0 Å². The summed E-state index contributed by atoms with van der Waals surface area (Å²) < 4.78 is 24.7. The Bertz CT molecular complexity index is 741. The first-order valence-electron chi connectivity index (χ1n) is 6.00. The van der Waals surface area contributed by atoms with Crippen molar-refractivity contribution in [3.05, 3.63) is 52.3 Å². The van der Waals surface area contributed by atoms with Gasteiger partial charge in [-0.05, 0) is 49.2 Å². The van der Waals surface area contributed by atoms with Crippen LogP contribution in [0.3, 0.4) is 0 Å². The van der Waals surface area contributed by atoms with E-state index >= 15 is 0 Å². The van der Waals surface area contributed by atoms with E-state index in [9.17, 15) is 8.42 Å². The molecule has 2 aromatic rings. The van der Waals surface area contributed by atoms with E-state index in [-0.39, 0.29) is 10.6 Å². The number of rotatable bonds is 3. The van der Waals surface area contributed by atoms with Gasteiger partial charge in [0.05, 0.1) is 16.3 Å². The lowest BCUT2D eigenvalue weighted by Crippen LogP contribution is -2.09. The molecular formula is C14H15ClN2O2S. The predicted octanol–water partition coefficient (Wildman–Crippen LogP) is 2.91. The lowest BCUT2D eigenvalue weighted by molar-refractivity contribution is 0.594. The van der Waals surface area contributed by atoms with Crippen molar-refractivity contribution in [3.8, 4) is 0 Å². The smallest absolute Gasteiger partial charge is 0.184 e.